The van der Waals surface area contributed by atoms with E-state index >= 15 is 0 Å². The Morgan fingerprint density at radius 3 is 2.68 bits per heavy atom. The van der Waals surface area contributed by atoms with Crippen molar-refractivity contribution in [3.05, 3.63) is 42.5 Å². The number of fused-ring (bicyclic) bond motifs is 1. The number of nitrogens with one attached hydrogen (secondary N) is 1. The quantitative estimate of drug-likeness (QED) is 0.717. The summed E-state index contributed by atoms with van der Waals surface area (Å²) in [6.45, 7) is 1.75. The lowest BCUT2D eigenvalue weighted by atomic mass is 10.1. The van der Waals surface area contributed by atoms with E-state index in [0.29, 0.717) is 5.65 Å². The Hall–Kier alpha value is -1.92. The lowest BCUT2D eigenvalue weighted by molar-refractivity contribution is 0.199. The van der Waals surface area contributed by atoms with E-state index in [1.807, 2.05) is 24.3 Å². The number of imidazole rings is 1. The van der Waals surface area contributed by atoms with E-state index in [0.717, 1.165) is 21.0 Å². The molecule has 0 saturated carbocycles. The highest BCUT2D eigenvalue weighted by molar-refractivity contribution is 7.99. The van der Waals surface area contributed by atoms with Gasteiger partial charge in [0.1, 0.15) is 16.9 Å². The molecule has 0 unspecified atom stereocenters. The van der Waals surface area contributed by atoms with Gasteiger partial charge < -0.3 is 10.1 Å². The Kier molecular flexibility index (Phi) is 3.18. The van der Waals surface area contributed by atoms with Crippen molar-refractivity contribution in [3.8, 4) is 0 Å². The third-order valence-electron chi connectivity index (χ3n) is 2.77. The normalized spacial score (nSPS) is 12.7. The summed E-state index contributed by atoms with van der Waals surface area (Å²) in [7, 11) is 0. The van der Waals surface area contributed by atoms with Gasteiger partial charge in [-0.3, -0.25) is 0 Å². The largest absolute Gasteiger partial charge is 0.389 e. The van der Waals surface area contributed by atoms with Gasteiger partial charge in [-0.2, -0.15) is 0 Å². The summed E-state index contributed by atoms with van der Waals surface area (Å²) in [5.41, 5.74) is 2.41. The molecule has 0 bridgehead atoms. The molecule has 0 aliphatic carbocycles. The minimum absolute atomic E-state index is 0.447. The number of hydrogen-bond acceptors (Lipinski definition) is 5. The molecule has 0 fully saturated rings. The van der Waals surface area contributed by atoms with Crippen molar-refractivity contribution in [2.24, 2.45) is 0 Å². The lowest BCUT2D eigenvalue weighted by Gasteiger charge is -2.06. The number of aliphatic hydroxyl groups is 1. The molecule has 5 nitrogen and oxygen atoms in total. The van der Waals surface area contributed by atoms with E-state index < -0.39 is 6.10 Å². The van der Waals surface area contributed by atoms with Crippen molar-refractivity contribution < 1.29 is 5.11 Å². The Morgan fingerprint density at radius 2 is 1.95 bits per heavy atom. The van der Waals surface area contributed by atoms with E-state index in [1.165, 1.54) is 18.1 Å². The highest BCUT2D eigenvalue weighted by atomic mass is 32.2. The summed E-state index contributed by atoms with van der Waals surface area (Å²) < 4.78 is 0. The van der Waals surface area contributed by atoms with E-state index in [-0.39, 0.29) is 0 Å². The topological polar surface area (TPSA) is 74.7 Å². The molecule has 0 amide bonds. The predicted octanol–water partition coefficient (Wildman–Crippen LogP) is 2.56. The van der Waals surface area contributed by atoms with Crippen molar-refractivity contribution in [2.45, 2.75) is 22.9 Å². The smallest absolute Gasteiger partial charge is 0.181 e. The highest BCUT2D eigenvalue weighted by Gasteiger charge is 2.08. The van der Waals surface area contributed by atoms with Crippen LogP contribution in [0.1, 0.15) is 18.6 Å². The molecule has 3 rings (SSSR count). The van der Waals surface area contributed by atoms with Crippen molar-refractivity contribution in [3.63, 3.8) is 0 Å². The van der Waals surface area contributed by atoms with Crippen LogP contribution in [-0.4, -0.2) is 25.0 Å². The Morgan fingerprint density at radius 1 is 1.16 bits per heavy atom. The molecule has 2 heterocycles. The molecule has 1 atom stereocenters. The van der Waals surface area contributed by atoms with Crippen LogP contribution in [0.4, 0.5) is 0 Å². The number of nitrogens with zero attached hydrogens (tertiary/aromatic N) is 3. The monoisotopic (exact) mass is 272 g/mol. The molecule has 0 saturated heterocycles. The van der Waals surface area contributed by atoms with Crippen molar-refractivity contribution >= 4 is 22.9 Å². The molecule has 3 aromatic rings. The van der Waals surface area contributed by atoms with Crippen LogP contribution < -0.4 is 0 Å². The first-order valence-electron chi connectivity index (χ1n) is 5.84. The summed E-state index contributed by atoms with van der Waals surface area (Å²) >= 11 is 1.54. The number of hydrogen-bond donors (Lipinski definition) is 2. The minimum Gasteiger partial charge on any atom is -0.389 e. The average Bonchev–Trinajstić information content (AvgIpc) is 2.89. The molecule has 0 spiro atoms. The average molecular weight is 272 g/mol. The zero-order valence-electron chi connectivity index (χ0n) is 10.2. The second-order valence-electron chi connectivity index (χ2n) is 4.13. The third-order valence-corrected chi connectivity index (χ3v) is 3.78. The summed E-state index contributed by atoms with van der Waals surface area (Å²) in [5.74, 6) is 0. The first kappa shape index (κ1) is 12.1. The number of benzene rings is 1. The Labute approximate surface area is 114 Å². The number of H-pyrrole nitrogens is 1. The minimum atomic E-state index is -0.447. The zero-order valence-corrected chi connectivity index (χ0v) is 11.1. The van der Waals surface area contributed by atoms with E-state index in [4.69, 9.17) is 0 Å². The fourth-order valence-corrected chi connectivity index (χ4v) is 2.59. The standard InChI is InChI=1S/C13H12N4OS/c1-8(18)9-2-4-10(5-3-9)19-13-11-12(15-6-14-11)16-7-17-13/h2-8,18H,1H3,(H,14,15,16,17)/t8-/m0/s1. The Balaban J connectivity index is 1.90. The van der Waals surface area contributed by atoms with Gasteiger partial charge in [-0.25, -0.2) is 15.0 Å². The SMILES string of the molecule is C[C@H](O)c1ccc(Sc2ncnc3nc[nH]c23)cc1. The molecule has 2 aromatic heterocycles. The second-order valence-corrected chi connectivity index (χ2v) is 5.19. The molecule has 0 radical (unpaired) electrons. The van der Waals surface area contributed by atoms with Crippen LogP contribution in [0.15, 0.2) is 46.8 Å². The van der Waals surface area contributed by atoms with Gasteiger partial charge in [-0.15, -0.1) is 0 Å². The summed E-state index contributed by atoms with van der Waals surface area (Å²) in [6, 6.07) is 7.77. The summed E-state index contributed by atoms with van der Waals surface area (Å²) in [4.78, 5) is 16.5. The zero-order chi connectivity index (χ0) is 13.2. The first-order valence-corrected chi connectivity index (χ1v) is 6.65. The molecule has 2 N–H and O–H groups in total. The number of aromatic nitrogens is 4. The molecule has 0 aliphatic rings. The summed E-state index contributed by atoms with van der Waals surface area (Å²) in [6.07, 6.45) is 2.67. The molecular formula is C13H12N4OS. The van der Waals surface area contributed by atoms with Crippen molar-refractivity contribution in [1.29, 1.82) is 0 Å². The van der Waals surface area contributed by atoms with Crippen molar-refractivity contribution in [1.82, 2.24) is 19.9 Å². The van der Waals surface area contributed by atoms with Crippen LogP contribution in [-0.2, 0) is 0 Å². The van der Waals surface area contributed by atoms with Gasteiger partial charge in [0, 0.05) is 4.90 Å². The van der Waals surface area contributed by atoms with Crippen LogP contribution in [0.2, 0.25) is 0 Å². The van der Waals surface area contributed by atoms with E-state index in [9.17, 15) is 5.11 Å². The van der Waals surface area contributed by atoms with Crippen LogP contribution in [0, 0.1) is 0 Å². The molecule has 6 heteroatoms. The van der Waals surface area contributed by atoms with Crippen LogP contribution >= 0.6 is 11.8 Å². The number of aliphatic hydroxyl groups excluding tert-OH is 1. The number of aromatic amines is 1. The van der Waals surface area contributed by atoms with E-state index in [1.54, 1.807) is 13.3 Å². The lowest BCUT2D eigenvalue weighted by Crippen LogP contribution is -1.90. The van der Waals surface area contributed by atoms with Crippen LogP contribution in [0.3, 0.4) is 0 Å². The molecule has 0 aliphatic heterocycles. The van der Waals surface area contributed by atoms with Gasteiger partial charge >= 0.3 is 0 Å². The molecular weight excluding hydrogens is 260 g/mol. The van der Waals surface area contributed by atoms with E-state index in [2.05, 4.69) is 19.9 Å². The van der Waals surface area contributed by atoms with Gasteiger partial charge in [-0.05, 0) is 24.6 Å². The molecule has 19 heavy (non-hydrogen) atoms. The Bertz CT molecular complexity index is 693. The predicted molar refractivity (Wildman–Crippen MR) is 72.9 cm³/mol. The van der Waals surface area contributed by atoms with Crippen molar-refractivity contribution in [2.75, 3.05) is 0 Å². The van der Waals surface area contributed by atoms with Gasteiger partial charge in [-0.1, -0.05) is 23.9 Å². The maximum absolute atomic E-state index is 9.48. The van der Waals surface area contributed by atoms with Crippen LogP contribution in [0.5, 0.6) is 0 Å². The first-order chi connectivity index (χ1) is 9.24. The number of rotatable bonds is 3. The fraction of sp³-hybridized carbons (Fsp3) is 0.154. The second kappa shape index (κ2) is 4.99. The highest BCUT2D eigenvalue weighted by Crippen LogP contribution is 2.30. The maximum Gasteiger partial charge on any atom is 0.181 e. The van der Waals surface area contributed by atoms with Gasteiger partial charge in [0.15, 0.2) is 5.65 Å². The molecule has 96 valence electrons. The van der Waals surface area contributed by atoms with Gasteiger partial charge in [0.2, 0.25) is 0 Å². The molecule has 1 aromatic carbocycles. The van der Waals surface area contributed by atoms with Gasteiger partial charge in [0.05, 0.1) is 12.4 Å². The van der Waals surface area contributed by atoms with Gasteiger partial charge in [0.25, 0.3) is 0 Å². The fourth-order valence-electron chi connectivity index (χ4n) is 1.75. The van der Waals surface area contributed by atoms with Crippen LogP contribution in [0.25, 0.3) is 11.2 Å². The maximum atomic E-state index is 9.48. The summed E-state index contributed by atoms with van der Waals surface area (Å²) in [5, 5.41) is 10.3. The third kappa shape index (κ3) is 2.45.